The summed E-state index contributed by atoms with van der Waals surface area (Å²) < 4.78 is 0. The average molecular weight is 214 g/mol. The van der Waals surface area contributed by atoms with Gasteiger partial charge in [-0.15, -0.1) is 0 Å². The van der Waals surface area contributed by atoms with Crippen molar-refractivity contribution in [3.63, 3.8) is 0 Å². The Bertz CT molecular complexity index is 541. The predicted molar refractivity (Wildman–Crippen MR) is 65.0 cm³/mol. The van der Waals surface area contributed by atoms with Crippen LogP contribution in [-0.2, 0) is 0 Å². The molecule has 2 nitrogen and oxygen atoms in total. The number of hydrogen-bond donors (Lipinski definition) is 1. The molecule has 0 saturated heterocycles. The van der Waals surface area contributed by atoms with Crippen LogP contribution in [0.2, 0.25) is 0 Å². The van der Waals surface area contributed by atoms with E-state index in [1.54, 1.807) is 12.1 Å². The normalized spacial score (nSPS) is 10.9. The highest BCUT2D eigenvalue weighted by molar-refractivity contribution is 6.04. The Morgan fingerprint density at radius 3 is 2.31 bits per heavy atom. The van der Waals surface area contributed by atoms with Gasteiger partial charge in [0.15, 0.2) is 0 Å². The van der Waals surface area contributed by atoms with Gasteiger partial charge in [-0.05, 0) is 28.3 Å². The van der Waals surface area contributed by atoms with Crippen LogP contribution in [0.5, 0.6) is 0 Å². The molecule has 2 aromatic rings. The average Bonchev–Trinajstić information content (AvgIpc) is 2.27. The number of rotatable bonds is 2. The molecule has 0 amide bonds. The van der Waals surface area contributed by atoms with Crippen molar-refractivity contribution in [2.24, 2.45) is 0 Å². The van der Waals surface area contributed by atoms with Crippen molar-refractivity contribution in [1.29, 1.82) is 0 Å². The zero-order valence-electron chi connectivity index (χ0n) is 9.40. The van der Waals surface area contributed by atoms with Crippen LogP contribution < -0.4 is 0 Å². The van der Waals surface area contributed by atoms with Crippen molar-refractivity contribution in [3.8, 4) is 0 Å². The number of aromatic carboxylic acids is 1. The van der Waals surface area contributed by atoms with Gasteiger partial charge in [0.2, 0.25) is 0 Å². The molecule has 0 saturated carbocycles. The zero-order valence-corrected chi connectivity index (χ0v) is 9.40. The fourth-order valence-electron chi connectivity index (χ4n) is 2.02. The lowest BCUT2D eigenvalue weighted by Gasteiger charge is -2.11. The highest BCUT2D eigenvalue weighted by atomic mass is 16.4. The number of hydrogen-bond acceptors (Lipinski definition) is 1. The van der Waals surface area contributed by atoms with E-state index in [0.29, 0.717) is 11.5 Å². The molecule has 0 unspecified atom stereocenters. The minimum Gasteiger partial charge on any atom is -0.478 e. The van der Waals surface area contributed by atoms with Crippen LogP contribution in [0.25, 0.3) is 10.8 Å². The number of carbonyl (C=O) groups is 1. The standard InChI is InChI=1S/C14H14O2/c1-9(2)10-5-3-7-12-11(10)6-4-8-13(12)14(15)16/h3-9H,1-2H3,(H,15,16). The van der Waals surface area contributed by atoms with Crippen LogP contribution in [0.1, 0.15) is 35.7 Å². The minimum atomic E-state index is -0.869. The van der Waals surface area contributed by atoms with Crippen LogP contribution in [-0.4, -0.2) is 11.1 Å². The number of carboxylic acids is 1. The van der Waals surface area contributed by atoms with E-state index in [0.717, 1.165) is 10.8 Å². The molecule has 1 N–H and O–H groups in total. The van der Waals surface area contributed by atoms with E-state index in [4.69, 9.17) is 5.11 Å². The summed E-state index contributed by atoms with van der Waals surface area (Å²) >= 11 is 0. The van der Waals surface area contributed by atoms with Crippen molar-refractivity contribution in [2.45, 2.75) is 19.8 Å². The summed E-state index contributed by atoms with van der Waals surface area (Å²) in [7, 11) is 0. The molecule has 0 radical (unpaired) electrons. The van der Waals surface area contributed by atoms with E-state index in [1.807, 2.05) is 18.2 Å². The quantitative estimate of drug-likeness (QED) is 0.828. The van der Waals surface area contributed by atoms with Gasteiger partial charge in [-0.3, -0.25) is 0 Å². The Hall–Kier alpha value is -1.83. The summed E-state index contributed by atoms with van der Waals surface area (Å²) in [5.74, 6) is -0.473. The Morgan fingerprint density at radius 1 is 1.06 bits per heavy atom. The molecule has 0 atom stereocenters. The van der Waals surface area contributed by atoms with Crippen LogP contribution >= 0.6 is 0 Å². The van der Waals surface area contributed by atoms with Crippen molar-refractivity contribution in [3.05, 3.63) is 47.5 Å². The lowest BCUT2D eigenvalue weighted by molar-refractivity contribution is 0.0699. The highest BCUT2D eigenvalue weighted by Crippen LogP contribution is 2.27. The van der Waals surface area contributed by atoms with Crippen molar-refractivity contribution in [1.82, 2.24) is 0 Å². The maximum absolute atomic E-state index is 11.1. The Kier molecular flexibility index (Phi) is 2.65. The third-order valence-electron chi connectivity index (χ3n) is 2.81. The fourth-order valence-corrected chi connectivity index (χ4v) is 2.02. The summed E-state index contributed by atoms with van der Waals surface area (Å²) in [6.45, 7) is 4.23. The molecule has 0 aliphatic heterocycles. The fraction of sp³-hybridized carbons (Fsp3) is 0.214. The second kappa shape index (κ2) is 3.97. The topological polar surface area (TPSA) is 37.3 Å². The Labute approximate surface area is 94.5 Å². The van der Waals surface area contributed by atoms with Crippen LogP contribution in [0.15, 0.2) is 36.4 Å². The maximum atomic E-state index is 11.1. The molecule has 0 spiro atoms. The first kappa shape index (κ1) is 10.7. The molecular weight excluding hydrogens is 200 g/mol. The second-order valence-electron chi connectivity index (χ2n) is 4.21. The lowest BCUT2D eigenvalue weighted by Crippen LogP contribution is -1.98. The van der Waals surface area contributed by atoms with Crippen LogP contribution in [0, 0.1) is 0 Å². The van der Waals surface area contributed by atoms with Crippen molar-refractivity contribution in [2.75, 3.05) is 0 Å². The van der Waals surface area contributed by atoms with E-state index < -0.39 is 5.97 Å². The molecule has 0 aliphatic rings. The lowest BCUT2D eigenvalue weighted by atomic mass is 9.94. The predicted octanol–water partition coefficient (Wildman–Crippen LogP) is 3.66. The highest BCUT2D eigenvalue weighted by Gasteiger charge is 2.10. The summed E-state index contributed by atoms with van der Waals surface area (Å²) in [6, 6.07) is 11.3. The van der Waals surface area contributed by atoms with Crippen LogP contribution in [0.4, 0.5) is 0 Å². The SMILES string of the molecule is CC(C)c1cccc2c(C(=O)O)cccc12. The molecule has 0 aliphatic carbocycles. The van der Waals surface area contributed by atoms with E-state index in [1.165, 1.54) is 5.56 Å². The first-order valence-corrected chi connectivity index (χ1v) is 5.36. The van der Waals surface area contributed by atoms with E-state index in [2.05, 4.69) is 19.9 Å². The van der Waals surface area contributed by atoms with Gasteiger partial charge in [0.05, 0.1) is 5.56 Å². The van der Waals surface area contributed by atoms with Crippen molar-refractivity contribution >= 4 is 16.7 Å². The minimum absolute atomic E-state index is 0.375. The first-order chi connectivity index (χ1) is 7.61. The number of fused-ring (bicyclic) bond motifs is 1. The van der Waals surface area contributed by atoms with E-state index >= 15 is 0 Å². The largest absolute Gasteiger partial charge is 0.478 e. The summed E-state index contributed by atoms with van der Waals surface area (Å²) in [4.78, 5) is 11.1. The number of benzene rings is 2. The Balaban J connectivity index is 2.81. The molecule has 0 fully saturated rings. The molecule has 82 valence electrons. The number of carboxylic acid groups (broad SMARTS) is 1. The second-order valence-corrected chi connectivity index (χ2v) is 4.21. The molecule has 16 heavy (non-hydrogen) atoms. The zero-order chi connectivity index (χ0) is 11.7. The van der Waals surface area contributed by atoms with Gasteiger partial charge in [0.25, 0.3) is 0 Å². The summed E-state index contributed by atoms with van der Waals surface area (Å²) in [6.07, 6.45) is 0. The molecule has 2 heteroatoms. The monoisotopic (exact) mass is 214 g/mol. The third kappa shape index (κ3) is 1.67. The van der Waals surface area contributed by atoms with Gasteiger partial charge in [0, 0.05) is 0 Å². The molecule has 0 heterocycles. The molecule has 0 bridgehead atoms. The van der Waals surface area contributed by atoms with Gasteiger partial charge >= 0.3 is 5.97 Å². The first-order valence-electron chi connectivity index (χ1n) is 5.36. The Morgan fingerprint density at radius 2 is 1.69 bits per heavy atom. The van der Waals surface area contributed by atoms with Crippen molar-refractivity contribution < 1.29 is 9.90 Å². The van der Waals surface area contributed by atoms with Gasteiger partial charge < -0.3 is 5.11 Å². The van der Waals surface area contributed by atoms with E-state index in [-0.39, 0.29) is 0 Å². The van der Waals surface area contributed by atoms with Gasteiger partial charge in [-0.1, -0.05) is 44.2 Å². The van der Waals surface area contributed by atoms with Gasteiger partial charge in [0.1, 0.15) is 0 Å². The van der Waals surface area contributed by atoms with Gasteiger partial charge in [-0.25, -0.2) is 4.79 Å². The smallest absolute Gasteiger partial charge is 0.336 e. The summed E-state index contributed by atoms with van der Waals surface area (Å²) in [5.41, 5.74) is 1.57. The maximum Gasteiger partial charge on any atom is 0.336 e. The third-order valence-corrected chi connectivity index (χ3v) is 2.81. The van der Waals surface area contributed by atoms with Crippen LogP contribution in [0.3, 0.4) is 0 Å². The molecule has 0 aromatic heterocycles. The molecule has 2 aromatic carbocycles. The van der Waals surface area contributed by atoms with Gasteiger partial charge in [-0.2, -0.15) is 0 Å². The van der Waals surface area contributed by atoms with E-state index in [9.17, 15) is 4.79 Å². The summed E-state index contributed by atoms with van der Waals surface area (Å²) in [5, 5.41) is 11.0. The molecule has 2 rings (SSSR count). The molecular formula is C14H14O2.